The number of hydrogen-bond donors (Lipinski definition) is 0. The van der Waals surface area contributed by atoms with E-state index in [9.17, 15) is 19.3 Å². The molecule has 0 bridgehead atoms. The summed E-state index contributed by atoms with van der Waals surface area (Å²) in [6, 6.07) is 18.5. The van der Waals surface area contributed by atoms with Gasteiger partial charge >= 0.3 is 0 Å². The molecule has 0 aliphatic carbocycles. The van der Waals surface area contributed by atoms with Crippen molar-refractivity contribution in [2.45, 2.75) is 19.3 Å². The third kappa shape index (κ3) is 3.59. The van der Waals surface area contributed by atoms with Gasteiger partial charge in [0.25, 0.3) is 0 Å². The summed E-state index contributed by atoms with van der Waals surface area (Å²) >= 11 is 0. The Morgan fingerprint density at radius 1 is 0.844 bits per heavy atom. The predicted octanol–water partition coefficient (Wildman–Crippen LogP) is 4.68. The molecule has 0 atom stereocenters. The number of nitriles is 2. The zero-order valence-electron chi connectivity index (χ0n) is 17.2. The Morgan fingerprint density at radius 2 is 1.56 bits per heavy atom. The van der Waals surface area contributed by atoms with E-state index in [1.54, 1.807) is 47.2 Å². The maximum absolute atomic E-state index is 14.2. The lowest BCUT2D eigenvalue weighted by Crippen LogP contribution is -2.23. The van der Waals surface area contributed by atoms with Crippen LogP contribution >= 0.6 is 0 Å². The van der Waals surface area contributed by atoms with Crippen LogP contribution in [0.2, 0.25) is 0 Å². The minimum Gasteiger partial charge on any atom is -0.291 e. The summed E-state index contributed by atoms with van der Waals surface area (Å²) in [4.78, 5) is 12.5. The number of rotatable bonds is 4. The fraction of sp³-hybridized carbons (Fsp3) is 0.125. The Bertz CT molecular complexity index is 1410. The first-order valence-corrected chi connectivity index (χ1v) is 9.64. The summed E-state index contributed by atoms with van der Waals surface area (Å²) < 4.78 is 28.9. The molecule has 4 aromatic heterocycles. The molecule has 0 aromatic carbocycles. The lowest BCUT2D eigenvalue weighted by Gasteiger charge is -2.25. The molecular weight excluding hydrogens is 410 g/mol. The molecule has 0 spiro atoms. The molecule has 0 amide bonds. The van der Waals surface area contributed by atoms with Crippen LogP contribution in [0.5, 0.6) is 0 Å². The van der Waals surface area contributed by atoms with Crippen molar-refractivity contribution in [1.29, 1.82) is 10.5 Å². The molecule has 4 rings (SSSR count). The van der Waals surface area contributed by atoms with E-state index < -0.39 is 17.3 Å². The van der Waals surface area contributed by atoms with Gasteiger partial charge in [-0.05, 0) is 56.3 Å². The van der Waals surface area contributed by atoms with E-state index in [4.69, 9.17) is 4.98 Å². The SMILES string of the molecule is CC(C)(c1cccc(-c2ccc(F)nc2F)n1)c1cccc(-n2ccc(C#N)c2C#N)n1. The van der Waals surface area contributed by atoms with Crippen LogP contribution in [0.15, 0.2) is 60.8 Å². The molecule has 4 aromatic rings. The average Bonchev–Trinajstić information content (AvgIpc) is 3.22. The molecule has 0 N–H and O–H groups in total. The van der Waals surface area contributed by atoms with Gasteiger partial charge in [-0.2, -0.15) is 24.3 Å². The summed E-state index contributed by atoms with van der Waals surface area (Å²) in [6.45, 7) is 3.85. The van der Waals surface area contributed by atoms with Crippen LogP contribution in [0, 0.1) is 34.6 Å². The molecule has 4 heterocycles. The highest BCUT2D eigenvalue weighted by Crippen LogP contribution is 2.31. The average molecular weight is 426 g/mol. The molecule has 0 unspecified atom stereocenters. The van der Waals surface area contributed by atoms with E-state index in [1.807, 2.05) is 32.1 Å². The molecule has 0 saturated heterocycles. The van der Waals surface area contributed by atoms with Crippen molar-refractivity contribution in [3.63, 3.8) is 0 Å². The lowest BCUT2D eigenvalue weighted by atomic mass is 9.84. The smallest absolute Gasteiger partial charge is 0.224 e. The van der Waals surface area contributed by atoms with Gasteiger partial charge in [0.05, 0.1) is 28.2 Å². The van der Waals surface area contributed by atoms with E-state index in [0.717, 1.165) is 6.07 Å². The van der Waals surface area contributed by atoms with Crippen LogP contribution in [-0.2, 0) is 5.41 Å². The Kier molecular flexibility index (Phi) is 5.21. The highest BCUT2D eigenvalue weighted by Gasteiger charge is 2.27. The highest BCUT2D eigenvalue weighted by atomic mass is 19.1. The molecule has 0 saturated carbocycles. The zero-order chi connectivity index (χ0) is 22.9. The second-order valence-corrected chi connectivity index (χ2v) is 7.56. The lowest BCUT2D eigenvalue weighted by molar-refractivity contribution is 0.514. The van der Waals surface area contributed by atoms with E-state index in [2.05, 4.69) is 9.97 Å². The van der Waals surface area contributed by atoms with Crippen molar-refractivity contribution < 1.29 is 8.78 Å². The van der Waals surface area contributed by atoms with Gasteiger partial charge in [-0.1, -0.05) is 12.1 Å². The molecule has 156 valence electrons. The van der Waals surface area contributed by atoms with Gasteiger partial charge in [0.15, 0.2) is 0 Å². The van der Waals surface area contributed by atoms with Crippen molar-refractivity contribution in [2.24, 2.45) is 0 Å². The first-order valence-electron chi connectivity index (χ1n) is 9.64. The molecule has 0 fully saturated rings. The van der Waals surface area contributed by atoms with Crippen molar-refractivity contribution >= 4 is 0 Å². The van der Waals surface area contributed by atoms with Crippen molar-refractivity contribution in [2.75, 3.05) is 0 Å². The van der Waals surface area contributed by atoms with Gasteiger partial charge in [-0.15, -0.1) is 0 Å². The third-order valence-electron chi connectivity index (χ3n) is 5.21. The summed E-state index contributed by atoms with van der Waals surface area (Å²) in [6.07, 6.45) is 1.62. The van der Waals surface area contributed by atoms with Crippen molar-refractivity contribution in [3.05, 3.63) is 95.3 Å². The Balaban J connectivity index is 1.77. The molecule has 0 aliphatic rings. The van der Waals surface area contributed by atoms with Crippen LogP contribution in [0.1, 0.15) is 36.5 Å². The first-order chi connectivity index (χ1) is 15.3. The zero-order valence-corrected chi connectivity index (χ0v) is 17.2. The van der Waals surface area contributed by atoms with Crippen molar-refractivity contribution in [1.82, 2.24) is 19.5 Å². The normalized spacial score (nSPS) is 11.1. The largest absolute Gasteiger partial charge is 0.291 e. The minimum absolute atomic E-state index is 0.0980. The van der Waals surface area contributed by atoms with E-state index in [0.29, 0.717) is 22.9 Å². The molecule has 0 aliphatic heterocycles. The fourth-order valence-electron chi connectivity index (χ4n) is 3.40. The molecule has 0 radical (unpaired) electrons. The van der Waals surface area contributed by atoms with Gasteiger partial charge in [-0.25, -0.2) is 4.98 Å². The number of nitrogens with zero attached hydrogens (tertiary/aromatic N) is 6. The molecular formula is C24H16F2N6. The summed E-state index contributed by atoms with van der Waals surface area (Å²) in [5, 5.41) is 18.6. The fourth-order valence-corrected chi connectivity index (χ4v) is 3.40. The maximum Gasteiger partial charge on any atom is 0.224 e. The number of hydrogen-bond acceptors (Lipinski definition) is 5. The van der Waals surface area contributed by atoms with E-state index in [1.165, 1.54) is 6.07 Å². The standard InChI is InChI=1S/C24H16F2N6/c1-24(2,19-6-3-5-17(29-19)16-9-10-21(25)31-23(16)26)20-7-4-8-22(30-20)32-12-11-15(13-27)18(32)14-28/h3-12H,1-2H3. The van der Waals surface area contributed by atoms with Crippen LogP contribution in [0.3, 0.4) is 0 Å². The third-order valence-corrected chi connectivity index (χ3v) is 5.21. The first kappa shape index (κ1) is 20.8. The Hall–Kier alpha value is -4.43. The number of aromatic nitrogens is 4. The second-order valence-electron chi connectivity index (χ2n) is 7.56. The quantitative estimate of drug-likeness (QED) is 0.442. The van der Waals surface area contributed by atoms with Crippen LogP contribution in [-0.4, -0.2) is 19.5 Å². The Morgan fingerprint density at radius 3 is 2.25 bits per heavy atom. The molecule has 8 heteroatoms. The maximum atomic E-state index is 14.2. The highest BCUT2D eigenvalue weighted by molar-refractivity contribution is 5.59. The van der Waals surface area contributed by atoms with E-state index in [-0.39, 0.29) is 16.8 Å². The summed E-state index contributed by atoms with van der Waals surface area (Å²) in [7, 11) is 0. The van der Waals surface area contributed by atoms with Gasteiger partial charge < -0.3 is 0 Å². The summed E-state index contributed by atoms with van der Waals surface area (Å²) in [5.74, 6) is -1.35. The second kappa shape index (κ2) is 8.01. The van der Waals surface area contributed by atoms with Gasteiger partial charge in [0.1, 0.15) is 23.7 Å². The predicted molar refractivity (Wildman–Crippen MR) is 113 cm³/mol. The van der Waals surface area contributed by atoms with E-state index >= 15 is 0 Å². The minimum atomic E-state index is -0.933. The molecule has 6 nitrogen and oxygen atoms in total. The van der Waals surface area contributed by atoms with Crippen LogP contribution in [0.25, 0.3) is 17.1 Å². The number of pyridine rings is 3. The number of halogens is 2. The van der Waals surface area contributed by atoms with Gasteiger partial charge in [-0.3, -0.25) is 9.55 Å². The van der Waals surface area contributed by atoms with Gasteiger partial charge in [0, 0.05) is 11.6 Å². The van der Waals surface area contributed by atoms with Crippen LogP contribution in [0.4, 0.5) is 8.78 Å². The Labute approximate surface area is 183 Å². The molecule has 32 heavy (non-hydrogen) atoms. The monoisotopic (exact) mass is 426 g/mol. The summed E-state index contributed by atoms with van der Waals surface area (Å²) in [5.41, 5.74) is 1.49. The van der Waals surface area contributed by atoms with Crippen LogP contribution < -0.4 is 0 Å². The van der Waals surface area contributed by atoms with Gasteiger partial charge in [0.2, 0.25) is 11.9 Å². The topological polar surface area (TPSA) is 91.2 Å². The van der Waals surface area contributed by atoms with Crippen molar-refractivity contribution in [3.8, 4) is 29.2 Å².